The monoisotopic (exact) mass is 236 g/mol. The van der Waals surface area contributed by atoms with Gasteiger partial charge in [0.25, 0.3) is 0 Å². The van der Waals surface area contributed by atoms with E-state index in [9.17, 15) is 13.2 Å². The first kappa shape index (κ1) is 14.4. The molecule has 0 aliphatic carbocycles. The van der Waals surface area contributed by atoms with Crippen molar-refractivity contribution in [1.29, 1.82) is 0 Å². The van der Waals surface area contributed by atoms with Crippen LogP contribution < -0.4 is 0 Å². The van der Waals surface area contributed by atoms with E-state index < -0.39 is 10.0 Å². The summed E-state index contributed by atoms with van der Waals surface area (Å²) in [6.07, 6.45) is 1.19. The van der Waals surface area contributed by atoms with E-state index in [1.807, 2.05) is 13.8 Å². The van der Waals surface area contributed by atoms with Crippen LogP contribution >= 0.6 is 0 Å². The fraction of sp³-hybridized carbons (Fsp3) is 0.889. The molecule has 0 aromatic heterocycles. The molecule has 90 valence electrons. The van der Waals surface area contributed by atoms with Crippen molar-refractivity contribution < 1.29 is 13.2 Å². The zero-order valence-electron chi connectivity index (χ0n) is 9.86. The van der Waals surface area contributed by atoms with E-state index in [0.717, 1.165) is 0 Å². The summed E-state index contributed by atoms with van der Waals surface area (Å²) in [5.41, 5.74) is 0. The van der Waals surface area contributed by atoms with Gasteiger partial charge in [0.1, 0.15) is 0 Å². The molecule has 0 spiro atoms. The second-order valence-corrected chi connectivity index (χ2v) is 5.15. The van der Waals surface area contributed by atoms with Gasteiger partial charge in [-0.1, -0.05) is 13.8 Å². The van der Waals surface area contributed by atoms with Gasteiger partial charge < -0.3 is 4.90 Å². The average Bonchev–Trinajstić information content (AvgIpc) is 2.20. The second-order valence-electron chi connectivity index (χ2n) is 3.17. The number of amides is 1. The molecule has 1 rings (SSSR count). The Hall–Kier alpha value is -0.620. The maximum absolute atomic E-state index is 11.1. The maximum atomic E-state index is 11.1. The summed E-state index contributed by atoms with van der Waals surface area (Å²) >= 11 is 0. The Morgan fingerprint density at radius 3 is 1.73 bits per heavy atom. The molecule has 0 radical (unpaired) electrons. The Balaban J connectivity index is 0.000000921. The van der Waals surface area contributed by atoms with Gasteiger partial charge in [-0.3, -0.25) is 4.79 Å². The molecule has 5 nitrogen and oxygen atoms in total. The van der Waals surface area contributed by atoms with Crippen molar-refractivity contribution >= 4 is 15.9 Å². The molecule has 0 bridgehead atoms. The number of carbonyl (C=O) groups excluding carboxylic acids is 1. The van der Waals surface area contributed by atoms with Crippen molar-refractivity contribution in [3.8, 4) is 0 Å². The highest BCUT2D eigenvalue weighted by molar-refractivity contribution is 7.88. The normalized spacial score (nSPS) is 18.0. The van der Waals surface area contributed by atoms with Crippen LogP contribution in [0.2, 0.25) is 0 Å². The van der Waals surface area contributed by atoms with Gasteiger partial charge in [-0.2, -0.15) is 4.31 Å². The highest BCUT2D eigenvalue weighted by atomic mass is 32.2. The molecule has 0 saturated carbocycles. The summed E-state index contributed by atoms with van der Waals surface area (Å²) in [4.78, 5) is 12.6. The molecule has 0 N–H and O–H groups in total. The van der Waals surface area contributed by atoms with Crippen LogP contribution in [0.1, 0.15) is 20.8 Å². The van der Waals surface area contributed by atoms with E-state index in [1.165, 1.54) is 17.5 Å². The number of carbonyl (C=O) groups is 1. The molecular weight excluding hydrogens is 216 g/mol. The third kappa shape index (κ3) is 4.61. The molecule has 1 aliphatic heterocycles. The summed E-state index contributed by atoms with van der Waals surface area (Å²) in [5.74, 6) is 0.00755. The van der Waals surface area contributed by atoms with Crippen molar-refractivity contribution in [2.24, 2.45) is 0 Å². The van der Waals surface area contributed by atoms with Crippen LogP contribution in [-0.4, -0.2) is 56.0 Å². The lowest BCUT2D eigenvalue weighted by Crippen LogP contribution is -2.49. The van der Waals surface area contributed by atoms with Gasteiger partial charge in [0.15, 0.2) is 0 Å². The fourth-order valence-electron chi connectivity index (χ4n) is 1.33. The van der Waals surface area contributed by atoms with Gasteiger partial charge in [0.2, 0.25) is 15.9 Å². The van der Waals surface area contributed by atoms with Crippen molar-refractivity contribution in [2.75, 3.05) is 32.4 Å². The highest BCUT2D eigenvalue weighted by Gasteiger charge is 2.23. The summed E-state index contributed by atoms with van der Waals surface area (Å²) < 4.78 is 23.6. The summed E-state index contributed by atoms with van der Waals surface area (Å²) in [5, 5.41) is 0. The lowest BCUT2D eigenvalue weighted by atomic mass is 10.3. The minimum atomic E-state index is -3.08. The number of sulfonamides is 1. The molecule has 1 amide bonds. The summed E-state index contributed by atoms with van der Waals surface area (Å²) in [6, 6.07) is 0. The predicted octanol–water partition coefficient (Wildman–Crippen LogP) is 0.136. The minimum Gasteiger partial charge on any atom is -0.340 e. The number of nitrogens with zero attached hydrogens (tertiary/aromatic N) is 2. The van der Waals surface area contributed by atoms with Crippen LogP contribution in [0.15, 0.2) is 0 Å². The van der Waals surface area contributed by atoms with E-state index in [-0.39, 0.29) is 5.91 Å². The maximum Gasteiger partial charge on any atom is 0.219 e. The van der Waals surface area contributed by atoms with Gasteiger partial charge in [-0.25, -0.2) is 8.42 Å². The van der Waals surface area contributed by atoms with E-state index >= 15 is 0 Å². The Morgan fingerprint density at radius 2 is 1.47 bits per heavy atom. The van der Waals surface area contributed by atoms with Gasteiger partial charge in [0, 0.05) is 33.1 Å². The molecular formula is C9H20N2O3S. The Kier molecular flexibility index (Phi) is 5.82. The Labute approximate surface area is 92.1 Å². The Bertz CT molecular complexity index is 292. The van der Waals surface area contributed by atoms with Crippen molar-refractivity contribution in [1.82, 2.24) is 9.21 Å². The molecule has 0 atom stereocenters. The fourth-order valence-corrected chi connectivity index (χ4v) is 2.16. The lowest BCUT2D eigenvalue weighted by Gasteiger charge is -2.32. The second kappa shape index (κ2) is 6.07. The zero-order valence-corrected chi connectivity index (χ0v) is 10.7. The van der Waals surface area contributed by atoms with Gasteiger partial charge in [0.05, 0.1) is 6.26 Å². The lowest BCUT2D eigenvalue weighted by molar-refractivity contribution is -0.129. The first-order valence-corrected chi connectivity index (χ1v) is 6.97. The number of piperazine rings is 1. The molecule has 0 aromatic rings. The van der Waals surface area contributed by atoms with Gasteiger partial charge in [-0.05, 0) is 0 Å². The van der Waals surface area contributed by atoms with Gasteiger partial charge in [-0.15, -0.1) is 0 Å². The average molecular weight is 236 g/mol. The first-order chi connectivity index (χ1) is 6.91. The molecule has 1 heterocycles. The van der Waals surface area contributed by atoms with Crippen LogP contribution in [0.3, 0.4) is 0 Å². The molecule has 6 heteroatoms. The van der Waals surface area contributed by atoms with Crippen LogP contribution in [0.4, 0.5) is 0 Å². The largest absolute Gasteiger partial charge is 0.340 e. The van der Waals surface area contributed by atoms with Crippen molar-refractivity contribution in [3.05, 3.63) is 0 Å². The SMILES string of the molecule is CC.CC(=O)N1CCN(S(C)(=O)=O)CC1. The van der Waals surface area contributed by atoms with E-state index in [2.05, 4.69) is 0 Å². The molecule has 1 aliphatic rings. The molecule has 1 fully saturated rings. The van der Waals surface area contributed by atoms with E-state index in [0.29, 0.717) is 26.2 Å². The van der Waals surface area contributed by atoms with E-state index in [1.54, 1.807) is 4.90 Å². The van der Waals surface area contributed by atoms with Crippen LogP contribution in [0.5, 0.6) is 0 Å². The van der Waals surface area contributed by atoms with E-state index in [4.69, 9.17) is 0 Å². The van der Waals surface area contributed by atoms with Crippen molar-refractivity contribution in [3.63, 3.8) is 0 Å². The summed E-state index contributed by atoms with van der Waals surface area (Å²) in [6.45, 7) is 7.33. The molecule has 0 unspecified atom stereocenters. The van der Waals surface area contributed by atoms with Crippen LogP contribution in [-0.2, 0) is 14.8 Å². The summed E-state index contributed by atoms with van der Waals surface area (Å²) in [7, 11) is -3.08. The highest BCUT2D eigenvalue weighted by Crippen LogP contribution is 2.05. The van der Waals surface area contributed by atoms with Crippen LogP contribution in [0, 0.1) is 0 Å². The third-order valence-corrected chi connectivity index (χ3v) is 3.46. The zero-order chi connectivity index (χ0) is 12.1. The van der Waals surface area contributed by atoms with Crippen molar-refractivity contribution in [2.45, 2.75) is 20.8 Å². The standard InChI is InChI=1S/C7H14N2O3S.C2H6/c1-7(10)8-3-5-9(6-4-8)13(2,11)12;1-2/h3-6H2,1-2H3;1-2H3. The third-order valence-electron chi connectivity index (χ3n) is 2.15. The topological polar surface area (TPSA) is 57.7 Å². The predicted molar refractivity (Wildman–Crippen MR) is 60.0 cm³/mol. The minimum absolute atomic E-state index is 0.00755. The smallest absolute Gasteiger partial charge is 0.219 e. The molecule has 0 aromatic carbocycles. The quantitative estimate of drug-likeness (QED) is 0.650. The number of rotatable bonds is 1. The number of hydrogen-bond donors (Lipinski definition) is 0. The molecule has 15 heavy (non-hydrogen) atoms. The van der Waals surface area contributed by atoms with Gasteiger partial charge >= 0.3 is 0 Å². The number of hydrogen-bond acceptors (Lipinski definition) is 3. The Morgan fingerprint density at radius 1 is 1.07 bits per heavy atom. The van der Waals surface area contributed by atoms with Crippen LogP contribution in [0.25, 0.3) is 0 Å². The first-order valence-electron chi connectivity index (χ1n) is 5.12. The molecule has 1 saturated heterocycles.